The highest BCUT2D eigenvalue weighted by Crippen LogP contribution is 2.30. The number of rotatable bonds is 5. The molecule has 24 heavy (non-hydrogen) atoms. The highest BCUT2D eigenvalue weighted by molar-refractivity contribution is 5.73. The van der Waals surface area contributed by atoms with E-state index in [1.54, 1.807) is 18.1 Å². The van der Waals surface area contributed by atoms with Crippen molar-refractivity contribution in [1.82, 2.24) is 15.2 Å². The fourth-order valence-corrected chi connectivity index (χ4v) is 2.43. The molecule has 6 nitrogen and oxygen atoms in total. The summed E-state index contributed by atoms with van der Waals surface area (Å²) in [5.41, 5.74) is 0.970. The van der Waals surface area contributed by atoms with Crippen molar-refractivity contribution in [3.8, 4) is 11.5 Å². The molecular weight excluding hydrogens is 306 g/mol. The first kappa shape index (κ1) is 16.1. The van der Waals surface area contributed by atoms with Gasteiger partial charge in [0.1, 0.15) is 6.61 Å². The van der Waals surface area contributed by atoms with Crippen LogP contribution in [0.3, 0.4) is 0 Å². The number of likely N-dealkylation sites (N-methyl/N-ethyl adjacent to an activating group) is 1. The van der Waals surface area contributed by atoms with Crippen LogP contribution in [-0.4, -0.2) is 48.8 Å². The fraction of sp³-hybridized carbons (Fsp3) is 0.333. The van der Waals surface area contributed by atoms with Gasteiger partial charge in [0.2, 0.25) is 0 Å². The predicted octanol–water partition coefficient (Wildman–Crippen LogP) is 2.11. The van der Waals surface area contributed by atoms with E-state index in [0.29, 0.717) is 25.4 Å². The van der Waals surface area contributed by atoms with E-state index in [9.17, 15) is 4.79 Å². The smallest absolute Gasteiger partial charge is 0.317 e. The number of pyridine rings is 1. The van der Waals surface area contributed by atoms with E-state index in [1.165, 1.54) is 0 Å². The topological polar surface area (TPSA) is 63.7 Å². The average molecular weight is 327 g/mol. The third kappa shape index (κ3) is 4.16. The molecule has 1 N–H and O–H groups in total. The lowest BCUT2D eigenvalue weighted by Crippen LogP contribution is -2.45. The van der Waals surface area contributed by atoms with Crippen molar-refractivity contribution in [2.24, 2.45) is 0 Å². The lowest BCUT2D eigenvalue weighted by atomic mass is 10.2. The summed E-state index contributed by atoms with van der Waals surface area (Å²) in [6, 6.07) is 13.2. The van der Waals surface area contributed by atoms with Gasteiger partial charge >= 0.3 is 6.03 Å². The number of hydrogen-bond donors (Lipinski definition) is 1. The maximum atomic E-state index is 12.2. The summed E-state index contributed by atoms with van der Waals surface area (Å²) in [7, 11) is 1.77. The van der Waals surface area contributed by atoms with Crippen LogP contribution in [-0.2, 0) is 6.42 Å². The van der Waals surface area contributed by atoms with E-state index in [2.05, 4.69) is 10.3 Å². The number of nitrogens with zero attached hydrogens (tertiary/aromatic N) is 2. The number of para-hydroxylation sites is 2. The molecule has 0 aliphatic carbocycles. The molecule has 0 radical (unpaired) electrons. The van der Waals surface area contributed by atoms with Crippen LogP contribution in [0.2, 0.25) is 0 Å². The Morgan fingerprint density at radius 3 is 2.83 bits per heavy atom. The van der Waals surface area contributed by atoms with Crippen LogP contribution in [0.25, 0.3) is 0 Å². The fourth-order valence-electron chi connectivity index (χ4n) is 2.43. The third-order valence-electron chi connectivity index (χ3n) is 3.82. The Morgan fingerprint density at radius 1 is 1.25 bits per heavy atom. The van der Waals surface area contributed by atoms with Gasteiger partial charge < -0.3 is 19.7 Å². The molecule has 1 atom stereocenters. The second-order valence-electron chi connectivity index (χ2n) is 5.68. The zero-order valence-corrected chi connectivity index (χ0v) is 13.6. The molecule has 0 spiro atoms. The maximum Gasteiger partial charge on any atom is 0.317 e. The minimum absolute atomic E-state index is 0.131. The molecule has 2 aromatic rings. The molecule has 1 unspecified atom stereocenters. The minimum Gasteiger partial charge on any atom is -0.486 e. The summed E-state index contributed by atoms with van der Waals surface area (Å²) in [4.78, 5) is 18.1. The number of hydrogen-bond acceptors (Lipinski definition) is 4. The van der Waals surface area contributed by atoms with Crippen molar-refractivity contribution in [3.63, 3.8) is 0 Å². The molecular formula is C18H21N3O3. The quantitative estimate of drug-likeness (QED) is 0.913. The molecule has 126 valence electrons. The van der Waals surface area contributed by atoms with Crippen molar-refractivity contribution in [2.75, 3.05) is 26.7 Å². The molecule has 1 aliphatic rings. The Labute approximate surface area is 141 Å². The van der Waals surface area contributed by atoms with Gasteiger partial charge in [-0.25, -0.2) is 4.79 Å². The number of nitrogens with one attached hydrogen (secondary N) is 1. The zero-order chi connectivity index (χ0) is 16.8. The summed E-state index contributed by atoms with van der Waals surface area (Å²) >= 11 is 0. The molecule has 1 aliphatic heterocycles. The van der Waals surface area contributed by atoms with E-state index in [-0.39, 0.29) is 12.1 Å². The lowest BCUT2D eigenvalue weighted by molar-refractivity contribution is 0.0905. The normalized spacial score (nSPS) is 15.6. The van der Waals surface area contributed by atoms with Gasteiger partial charge in [0.05, 0.1) is 6.54 Å². The Hall–Kier alpha value is -2.76. The number of urea groups is 1. The van der Waals surface area contributed by atoms with Crippen LogP contribution >= 0.6 is 0 Å². The number of aromatic nitrogens is 1. The van der Waals surface area contributed by atoms with Crippen molar-refractivity contribution in [3.05, 3.63) is 54.4 Å². The summed E-state index contributed by atoms with van der Waals surface area (Å²) in [5, 5.41) is 2.88. The van der Waals surface area contributed by atoms with Crippen LogP contribution in [0.1, 0.15) is 5.69 Å². The van der Waals surface area contributed by atoms with Crippen molar-refractivity contribution >= 4 is 6.03 Å². The van der Waals surface area contributed by atoms with Crippen LogP contribution < -0.4 is 14.8 Å². The van der Waals surface area contributed by atoms with Crippen molar-refractivity contribution < 1.29 is 14.3 Å². The molecule has 0 fully saturated rings. The number of ether oxygens (including phenoxy) is 2. The van der Waals surface area contributed by atoms with Crippen LogP contribution in [0, 0.1) is 0 Å². The molecule has 0 saturated carbocycles. The monoisotopic (exact) mass is 327 g/mol. The first-order chi connectivity index (χ1) is 11.7. The van der Waals surface area contributed by atoms with Gasteiger partial charge in [-0.15, -0.1) is 0 Å². The second kappa shape index (κ2) is 7.68. The standard InChI is InChI=1S/C18H21N3O3/c1-21(11-9-14-6-4-5-10-19-14)18(22)20-12-15-13-23-16-7-2-3-8-17(16)24-15/h2-8,10,15H,9,11-13H2,1H3,(H,20,22). The largest absolute Gasteiger partial charge is 0.486 e. The van der Waals surface area contributed by atoms with E-state index in [4.69, 9.17) is 9.47 Å². The van der Waals surface area contributed by atoms with E-state index in [1.807, 2.05) is 42.5 Å². The number of fused-ring (bicyclic) bond motifs is 1. The van der Waals surface area contributed by atoms with E-state index >= 15 is 0 Å². The van der Waals surface area contributed by atoms with Gasteiger partial charge in [-0.2, -0.15) is 0 Å². The Balaban J connectivity index is 1.42. The number of benzene rings is 1. The number of carbonyl (C=O) groups is 1. The Bertz CT molecular complexity index is 678. The van der Waals surface area contributed by atoms with E-state index in [0.717, 1.165) is 17.9 Å². The Morgan fingerprint density at radius 2 is 2.04 bits per heavy atom. The minimum atomic E-state index is -0.187. The molecule has 0 saturated heterocycles. The molecule has 6 heteroatoms. The second-order valence-corrected chi connectivity index (χ2v) is 5.68. The third-order valence-corrected chi connectivity index (χ3v) is 3.82. The SMILES string of the molecule is CN(CCc1ccccn1)C(=O)NCC1COc2ccccc2O1. The van der Waals surface area contributed by atoms with Gasteiger partial charge in [-0.05, 0) is 24.3 Å². The van der Waals surface area contributed by atoms with Gasteiger partial charge in [-0.3, -0.25) is 4.98 Å². The first-order valence-corrected chi connectivity index (χ1v) is 8.00. The van der Waals surface area contributed by atoms with Crippen LogP contribution in [0.5, 0.6) is 11.5 Å². The van der Waals surface area contributed by atoms with Crippen molar-refractivity contribution in [2.45, 2.75) is 12.5 Å². The summed E-state index contributed by atoms with van der Waals surface area (Å²) in [6.45, 7) is 1.43. The predicted molar refractivity (Wildman–Crippen MR) is 90.3 cm³/mol. The van der Waals surface area contributed by atoms with Crippen LogP contribution in [0.15, 0.2) is 48.7 Å². The Kier molecular flexibility index (Phi) is 5.15. The number of carbonyl (C=O) groups excluding carboxylic acids is 1. The first-order valence-electron chi connectivity index (χ1n) is 8.00. The molecule has 1 aromatic carbocycles. The van der Waals surface area contributed by atoms with Gasteiger partial charge in [0.15, 0.2) is 17.6 Å². The highest BCUT2D eigenvalue weighted by Gasteiger charge is 2.21. The zero-order valence-electron chi connectivity index (χ0n) is 13.6. The molecule has 3 rings (SSSR count). The highest BCUT2D eigenvalue weighted by atomic mass is 16.6. The van der Waals surface area contributed by atoms with Gasteiger partial charge in [-0.1, -0.05) is 18.2 Å². The van der Waals surface area contributed by atoms with Crippen molar-refractivity contribution in [1.29, 1.82) is 0 Å². The molecule has 1 aromatic heterocycles. The lowest BCUT2D eigenvalue weighted by Gasteiger charge is -2.27. The summed E-state index contributed by atoms with van der Waals surface area (Å²) < 4.78 is 11.5. The number of amides is 2. The van der Waals surface area contributed by atoms with Crippen LogP contribution in [0.4, 0.5) is 4.79 Å². The average Bonchev–Trinajstić information content (AvgIpc) is 2.64. The summed E-state index contributed by atoms with van der Waals surface area (Å²) in [6.07, 6.45) is 2.29. The molecule has 2 amide bonds. The van der Waals surface area contributed by atoms with E-state index < -0.39 is 0 Å². The molecule has 2 heterocycles. The van der Waals surface area contributed by atoms with Gasteiger partial charge in [0.25, 0.3) is 0 Å². The molecule has 0 bridgehead atoms. The maximum absolute atomic E-state index is 12.2. The van der Waals surface area contributed by atoms with Gasteiger partial charge in [0, 0.05) is 31.9 Å². The summed E-state index contributed by atoms with van der Waals surface area (Å²) in [5.74, 6) is 1.46.